The summed E-state index contributed by atoms with van der Waals surface area (Å²) in [6.45, 7) is 0. The highest BCUT2D eigenvalue weighted by molar-refractivity contribution is 7.85. The summed E-state index contributed by atoms with van der Waals surface area (Å²) in [6.07, 6.45) is 0. The maximum atomic E-state index is 10.9. The molecule has 2 aromatic rings. The molecular weight excluding hydrogens is 232 g/mol. The number of hydrogen-bond donors (Lipinski definition) is 3. The van der Waals surface area contributed by atoms with Gasteiger partial charge in [0.25, 0.3) is 10.1 Å². The summed E-state index contributed by atoms with van der Waals surface area (Å²) >= 11 is 0. The van der Waals surface area contributed by atoms with Crippen LogP contribution in [0.1, 0.15) is 0 Å². The Kier molecular flexibility index (Phi) is 2.25. The molecule has 0 aliphatic carbocycles. The number of hydrogen-bond acceptors (Lipinski definition) is 4. The summed E-state index contributed by atoms with van der Waals surface area (Å²) < 4.78 is 30.6. The first-order valence-electron chi connectivity index (χ1n) is 4.23. The van der Waals surface area contributed by atoms with Crippen molar-refractivity contribution in [3.8, 4) is 11.5 Å². The highest BCUT2D eigenvalue weighted by Crippen LogP contribution is 2.30. The summed E-state index contributed by atoms with van der Waals surface area (Å²) in [5.74, 6) is -0.620. The molecule has 0 saturated carbocycles. The minimum Gasteiger partial charge on any atom is -0.507 e. The van der Waals surface area contributed by atoms with Crippen molar-refractivity contribution in [2.24, 2.45) is 0 Å². The van der Waals surface area contributed by atoms with Gasteiger partial charge >= 0.3 is 0 Å². The summed E-state index contributed by atoms with van der Waals surface area (Å²) in [4.78, 5) is -0.325. The van der Waals surface area contributed by atoms with Crippen LogP contribution in [0, 0.1) is 6.07 Å². The molecule has 0 saturated heterocycles. The summed E-state index contributed by atoms with van der Waals surface area (Å²) in [5, 5.41) is 19.2. The van der Waals surface area contributed by atoms with Gasteiger partial charge in [-0.25, -0.2) is 0 Å². The maximum absolute atomic E-state index is 10.9. The molecule has 0 bridgehead atoms. The molecule has 16 heavy (non-hydrogen) atoms. The van der Waals surface area contributed by atoms with Crippen LogP contribution in [0.5, 0.6) is 11.5 Å². The van der Waals surface area contributed by atoms with Gasteiger partial charge in [0.05, 0.1) is 11.0 Å². The van der Waals surface area contributed by atoms with E-state index in [0.717, 1.165) is 6.07 Å². The van der Waals surface area contributed by atoms with Crippen LogP contribution < -0.4 is 0 Å². The van der Waals surface area contributed by atoms with Gasteiger partial charge < -0.3 is 10.2 Å². The fourth-order valence-electron chi connectivity index (χ4n) is 1.40. The van der Waals surface area contributed by atoms with Crippen LogP contribution in [0.2, 0.25) is 0 Å². The Morgan fingerprint density at radius 1 is 1.12 bits per heavy atom. The molecule has 0 atom stereocenters. The number of aromatic hydroxyl groups is 2. The third-order valence-corrected chi connectivity index (χ3v) is 2.97. The first kappa shape index (κ1) is 10.7. The second-order valence-electron chi connectivity index (χ2n) is 3.23. The fraction of sp³-hybridized carbons (Fsp3) is 0. The van der Waals surface area contributed by atoms with Crippen molar-refractivity contribution in [3.05, 3.63) is 30.3 Å². The van der Waals surface area contributed by atoms with Gasteiger partial charge in [0.15, 0.2) is 0 Å². The molecule has 2 rings (SSSR count). The first-order valence-corrected chi connectivity index (χ1v) is 5.67. The summed E-state index contributed by atoms with van der Waals surface area (Å²) in [5.41, 5.74) is 0. The van der Waals surface area contributed by atoms with Crippen molar-refractivity contribution in [1.29, 1.82) is 0 Å². The fourth-order valence-corrected chi connectivity index (χ4v) is 1.91. The van der Waals surface area contributed by atoms with E-state index in [9.17, 15) is 13.5 Å². The molecule has 0 aromatic heterocycles. The monoisotopic (exact) mass is 239 g/mol. The molecule has 6 heteroatoms. The second kappa shape index (κ2) is 3.36. The zero-order valence-corrected chi connectivity index (χ0v) is 8.69. The maximum Gasteiger partial charge on any atom is 0.294 e. The Labute approximate surface area is 91.3 Å². The minimum absolute atomic E-state index is 0.188. The van der Waals surface area contributed by atoms with Gasteiger partial charge in [-0.2, -0.15) is 8.42 Å². The lowest BCUT2D eigenvalue weighted by Gasteiger charge is -2.03. The number of phenols is 2. The SMILES string of the molecule is O=S(=O)(O)c1ccc2cc(O)[c]c(O)c2c1. The predicted molar refractivity (Wildman–Crippen MR) is 55.9 cm³/mol. The molecule has 83 valence electrons. The quantitative estimate of drug-likeness (QED) is 0.652. The van der Waals surface area contributed by atoms with Gasteiger partial charge in [-0.3, -0.25) is 4.55 Å². The van der Waals surface area contributed by atoms with Crippen LogP contribution >= 0.6 is 0 Å². The van der Waals surface area contributed by atoms with Crippen molar-refractivity contribution in [3.63, 3.8) is 0 Å². The van der Waals surface area contributed by atoms with E-state index >= 15 is 0 Å². The van der Waals surface area contributed by atoms with Crippen molar-refractivity contribution in [1.82, 2.24) is 0 Å². The largest absolute Gasteiger partial charge is 0.507 e. The van der Waals surface area contributed by atoms with E-state index in [0.29, 0.717) is 5.39 Å². The zero-order chi connectivity index (χ0) is 11.9. The Morgan fingerprint density at radius 2 is 1.81 bits per heavy atom. The number of benzene rings is 2. The Hall–Kier alpha value is -1.79. The summed E-state index contributed by atoms with van der Waals surface area (Å²) in [7, 11) is -4.31. The van der Waals surface area contributed by atoms with Gasteiger partial charge in [0.1, 0.15) is 11.5 Å². The minimum atomic E-state index is -4.31. The molecule has 2 aromatic carbocycles. The van der Waals surface area contributed by atoms with Gasteiger partial charge in [-0.15, -0.1) is 0 Å². The zero-order valence-electron chi connectivity index (χ0n) is 7.88. The molecule has 0 aliphatic heterocycles. The Balaban J connectivity index is 2.82. The molecule has 0 fully saturated rings. The lowest BCUT2D eigenvalue weighted by Crippen LogP contribution is -1.97. The standard InChI is InChI=1S/C10H7O5S/c11-7-3-6-1-2-8(16(13,14)15)5-9(6)10(12)4-7/h1-3,5,11-12H,(H,13,14,15). The lowest BCUT2D eigenvalue weighted by atomic mass is 10.1. The van der Waals surface area contributed by atoms with Gasteiger partial charge in [-0.1, -0.05) is 6.07 Å². The number of rotatable bonds is 1. The smallest absolute Gasteiger partial charge is 0.294 e. The average Bonchev–Trinajstić information content (AvgIpc) is 2.15. The van der Waals surface area contributed by atoms with E-state index in [-0.39, 0.29) is 21.8 Å². The normalized spacial score (nSPS) is 11.8. The topological polar surface area (TPSA) is 94.8 Å². The van der Waals surface area contributed by atoms with E-state index in [1.54, 1.807) is 0 Å². The van der Waals surface area contributed by atoms with Crippen LogP contribution in [-0.4, -0.2) is 23.2 Å². The Bertz CT molecular complexity index is 660. The third-order valence-electron chi connectivity index (χ3n) is 2.12. The van der Waals surface area contributed by atoms with E-state index in [1.165, 1.54) is 18.2 Å². The molecular formula is C10H7O5S. The Morgan fingerprint density at radius 3 is 2.44 bits per heavy atom. The van der Waals surface area contributed by atoms with Crippen LogP contribution in [0.3, 0.4) is 0 Å². The van der Waals surface area contributed by atoms with Crippen molar-refractivity contribution >= 4 is 20.9 Å². The van der Waals surface area contributed by atoms with Crippen LogP contribution in [-0.2, 0) is 10.1 Å². The lowest BCUT2D eigenvalue weighted by molar-refractivity contribution is 0.453. The van der Waals surface area contributed by atoms with Crippen molar-refractivity contribution in [2.75, 3.05) is 0 Å². The average molecular weight is 239 g/mol. The van der Waals surface area contributed by atoms with E-state index in [4.69, 9.17) is 9.66 Å². The second-order valence-corrected chi connectivity index (χ2v) is 4.65. The molecule has 0 spiro atoms. The number of phenolic OH excluding ortho intramolecular Hbond substituents is 2. The molecule has 0 unspecified atom stereocenters. The predicted octanol–water partition coefficient (Wildman–Crippen LogP) is 1.30. The molecule has 5 nitrogen and oxygen atoms in total. The highest BCUT2D eigenvalue weighted by atomic mass is 32.2. The van der Waals surface area contributed by atoms with E-state index in [1.807, 2.05) is 0 Å². The van der Waals surface area contributed by atoms with Gasteiger partial charge in [-0.05, 0) is 23.6 Å². The van der Waals surface area contributed by atoms with Gasteiger partial charge in [0.2, 0.25) is 0 Å². The van der Waals surface area contributed by atoms with Crippen LogP contribution in [0.4, 0.5) is 0 Å². The molecule has 0 aliphatic rings. The van der Waals surface area contributed by atoms with Gasteiger partial charge in [0, 0.05) is 5.39 Å². The van der Waals surface area contributed by atoms with Crippen molar-refractivity contribution in [2.45, 2.75) is 4.90 Å². The highest BCUT2D eigenvalue weighted by Gasteiger charge is 2.12. The van der Waals surface area contributed by atoms with Crippen LogP contribution in [0.25, 0.3) is 10.8 Å². The third kappa shape index (κ3) is 1.80. The molecule has 0 amide bonds. The van der Waals surface area contributed by atoms with Crippen LogP contribution in [0.15, 0.2) is 29.2 Å². The van der Waals surface area contributed by atoms with E-state index < -0.39 is 10.1 Å². The molecule has 1 radical (unpaired) electrons. The van der Waals surface area contributed by atoms with E-state index in [2.05, 4.69) is 6.07 Å². The number of fused-ring (bicyclic) bond motifs is 1. The summed E-state index contributed by atoms with van der Waals surface area (Å²) in [6, 6.07) is 7.20. The first-order chi connectivity index (χ1) is 7.38. The molecule has 0 heterocycles. The van der Waals surface area contributed by atoms with Crippen molar-refractivity contribution < 1.29 is 23.2 Å². The molecule has 3 N–H and O–H groups in total.